The molecule has 0 amide bonds. The van der Waals surface area contributed by atoms with E-state index in [2.05, 4.69) is 28.4 Å². The smallest absolute Gasteiger partial charge is 0.462 e. The maximum absolute atomic E-state index is 12.8. The van der Waals surface area contributed by atoms with Gasteiger partial charge in [0.1, 0.15) is 30.7 Å². The molecule has 8 atom stereocenters. The number of allylic oxidation sites excluding steroid dienone is 6. The summed E-state index contributed by atoms with van der Waals surface area (Å²) in [5.74, 6) is -1.36. The molecule has 7 N–H and O–H groups in total. The Labute approximate surface area is 408 Å². The molecular weight excluding hydrogens is 936 g/mol. The molecule has 0 bridgehead atoms. The van der Waals surface area contributed by atoms with E-state index in [0.717, 1.165) is 101 Å². The molecule has 0 aromatic carbocycles. The van der Waals surface area contributed by atoms with Crippen LogP contribution in [0, 0.1) is 0 Å². The van der Waals surface area contributed by atoms with Crippen LogP contribution >= 0.6 is 15.6 Å². The monoisotopic (exact) mass is 1020 g/mol. The van der Waals surface area contributed by atoms with Crippen molar-refractivity contribution in [3.05, 3.63) is 71.4 Å². The van der Waals surface area contributed by atoms with Crippen LogP contribution in [-0.4, -0.2) is 96.9 Å². The van der Waals surface area contributed by atoms with Crippen LogP contribution in [0.4, 0.5) is 5.82 Å². The third-order valence-corrected chi connectivity index (χ3v) is 13.6. The number of unbranched alkanes of at least 4 members (excludes halogenated alkanes) is 16. The maximum Gasteiger partial charge on any atom is 0.481 e. The van der Waals surface area contributed by atoms with Gasteiger partial charge in [-0.1, -0.05) is 133 Å². The normalized spacial score (nSPS) is 20.2. The van der Waals surface area contributed by atoms with Gasteiger partial charge in [-0.25, -0.2) is 13.9 Å². The number of rotatable bonds is 40. The molecule has 1 fully saturated rings. The molecule has 394 valence electrons. The van der Waals surface area contributed by atoms with Gasteiger partial charge in [-0.3, -0.25) is 23.2 Å². The molecule has 1 saturated heterocycles. The highest BCUT2D eigenvalue weighted by Crippen LogP contribution is 2.60. The average molecular weight is 1020 g/mol. The van der Waals surface area contributed by atoms with Crippen molar-refractivity contribution in [1.82, 2.24) is 9.55 Å². The summed E-state index contributed by atoms with van der Waals surface area (Å²) in [4.78, 5) is 61.8. The number of hydrogen-bond acceptors (Lipinski definition) is 16. The molecule has 21 heteroatoms. The Morgan fingerprint density at radius 2 is 1.35 bits per heavy atom. The molecule has 0 saturated carbocycles. The molecule has 3 unspecified atom stereocenters. The number of hydrogen-bond donors (Lipinski definition) is 6. The average Bonchev–Trinajstić information content (AvgIpc) is 3.58. The summed E-state index contributed by atoms with van der Waals surface area (Å²) in [6, 6.07) is 1.24. The number of phosphoric acid groups is 2. The van der Waals surface area contributed by atoms with Gasteiger partial charge in [0, 0.05) is 19.0 Å². The highest BCUT2D eigenvalue weighted by molar-refractivity contribution is 7.61. The molecule has 0 spiro atoms. The van der Waals surface area contributed by atoms with Gasteiger partial charge < -0.3 is 45.1 Å². The minimum Gasteiger partial charge on any atom is -0.462 e. The number of aromatic nitrogens is 2. The van der Waals surface area contributed by atoms with Gasteiger partial charge in [0.2, 0.25) is 0 Å². The van der Waals surface area contributed by atoms with E-state index in [4.69, 9.17) is 29.0 Å². The van der Waals surface area contributed by atoms with Crippen LogP contribution in [0.15, 0.2) is 65.7 Å². The van der Waals surface area contributed by atoms with Crippen molar-refractivity contribution in [2.24, 2.45) is 0 Å². The number of nitrogens with two attached hydrogens (primary N) is 1. The van der Waals surface area contributed by atoms with Crippen molar-refractivity contribution in [3.63, 3.8) is 0 Å². The standard InChI is InChI=1S/C48H81N3O16P2/c1-3-5-7-8-9-10-11-12-13-14-15-18-22-25-29-33-44(54)65-40(36-62-43(53)32-28-24-21-19-16-17-20-23-27-31-39(52)30-26-6-4-2)37-63-68(58,59)67-69(60,61)64-38-41-45(55)46(56)47(66-41)51-35-34-42(49)50-48(51)57/h6,10-11,20,23,26-27,31,34-35,39-41,45-47,52,55-56H,3-5,7-9,12-19,21-22,24-25,28-30,32-33,36-38H2,1-2H3,(H,58,59)(H,60,61)(H2,49,50,57)/b11-10-,23-20+,26-6+,31-27+/t39?,40-,41-,45-,46-,47-/m1/s1. The van der Waals surface area contributed by atoms with Crippen LogP contribution < -0.4 is 11.4 Å². The van der Waals surface area contributed by atoms with E-state index in [1.165, 1.54) is 31.7 Å². The molecule has 2 heterocycles. The third-order valence-electron chi connectivity index (χ3n) is 11.0. The first kappa shape index (κ1) is 61.8. The first-order chi connectivity index (χ1) is 33.1. The molecule has 1 aliphatic heterocycles. The Kier molecular flexibility index (Phi) is 32.8. The van der Waals surface area contributed by atoms with Gasteiger partial charge in [0.15, 0.2) is 12.3 Å². The second-order valence-electron chi connectivity index (χ2n) is 17.1. The topological polar surface area (TPSA) is 286 Å². The number of phosphoric ester groups is 2. The van der Waals surface area contributed by atoms with Gasteiger partial charge in [-0.2, -0.15) is 9.29 Å². The minimum absolute atomic E-state index is 0.0289. The summed E-state index contributed by atoms with van der Waals surface area (Å²) < 4.78 is 56.7. The van der Waals surface area contributed by atoms with Gasteiger partial charge in [-0.15, -0.1) is 0 Å². The molecule has 1 aromatic rings. The molecule has 0 aliphatic carbocycles. The van der Waals surface area contributed by atoms with E-state index in [9.17, 15) is 48.6 Å². The molecule has 2 rings (SSSR count). The van der Waals surface area contributed by atoms with Crippen LogP contribution in [0.1, 0.15) is 168 Å². The van der Waals surface area contributed by atoms with E-state index in [1.54, 1.807) is 6.08 Å². The van der Waals surface area contributed by atoms with Crippen molar-refractivity contribution in [3.8, 4) is 0 Å². The van der Waals surface area contributed by atoms with Gasteiger partial charge in [-0.05, 0) is 70.3 Å². The summed E-state index contributed by atoms with van der Waals surface area (Å²) in [7, 11) is -10.9. The SMILES string of the molecule is CC/C=C/CC(O)/C=C/C=C/CCCCCCCC(=O)OC[C@H](COP(=O)(O)OP(=O)(O)OC[C@H]1O[C@@H](n2ccc(N)nc2=O)[C@H](O)[C@@H]1O)OC(=O)CCCCCCCCC/C=C\CCCCCC. The zero-order valence-corrected chi connectivity index (χ0v) is 42.5. The number of anilines is 1. The Morgan fingerprint density at radius 3 is 1.97 bits per heavy atom. The molecule has 1 aliphatic rings. The van der Waals surface area contributed by atoms with E-state index in [1.807, 2.05) is 37.3 Å². The Balaban J connectivity index is 1.83. The second-order valence-corrected chi connectivity index (χ2v) is 20.2. The summed E-state index contributed by atoms with van der Waals surface area (Å²) in [5.41, 5.74) is 4.58. The quantitative estimate of drug-likeness (QED) is 0.0118. The first-order valence-electron chi connectivity index (χ1n) is 24.8. The predicted octanol–water partition coefficient (Wildman–Crippen LogP) is 8.75. The third kappa shape index (κ3) is 29.6. The Morgan fingerprint density at radius 1 is 0.768 bits per heavy atom. The number of nitrogens with zero attached hydrogens (tertiary/aromatic N) is 2. The van der Waals surface area contributed by atoms with Crippen molar-refractivity contribution >= 4 is 33.4 Å². The van der Waals surface area contributed by atoms with Crippen molar-refractivity contribution in [1.29, 1.82) is 0 Å². The lowest BCUT2D eigenvalue weighted by atomic mass is 10.1. The summed E-state index contributed by atoms with van der Waals surface area (Å²) in [5, 5.41) is 30.8. The summed E-state index contributed by atoms with van der Waals surface area (Å²) in [6.45, 7) is 1.89. The zero-order valence-electron chi connectivity index (χ0n) is 40.7. The fourth-order valence-corrected chi connectivity index (χ4v) is 9.22. The van der Waals surface area contributed by atoms with Crippen LogP contribution in [0.2, 0.25) is 0 Å². The van der Waals surface area contributed by atoms with Gasteiger partial charge >= 0.3 is 33.3 Å². The largest absolute Gasteiger partial charge is 0.481 e. The van der Waals surface area contributed by atoms with E-state index >= 15 is 0 Å². The Hall–Kier alpha value is -3.32. The molecule has 69 heavy (non-hydrogen) atoms. The summed E-state index contributed by atoms with van der Waals surface area (Å²) >= 11 is 0. The zero-order chi connectivity index (χ0) is 50.8. The maximum atomic E-state index is 12.8. The van der Waals surface area contributed by atoms with Crippen LogP contribution in [0.5, 0.6) is 0 Å². The first-order valence-corrected chi connectivity index (χ1v) is 27.7. The van der Waals surface area contributed by atoms with E-state index in [0.29, 0.717) is 19.3 Å². The number of carbonyl (C=O) groups is 2. The highest BCUT2D eigenvalue weighted by Gasteiger charge is 2.46. The fourth-order valence-electron chi connectivity index (χ4n) is 7.11. The van der Waals surface area contributed by atoms with Crippen LogP contribution in [-0.2, 0) is 46.3 Å². The lowest BCUT2D eigenvalue weighted by Crippen LogP contribution is -2.36. The number of ether oxygens (including phenoxy) is 3. The molecular formula is C48H81N3O16P2. The number of aliphatic hydroxyl groups excluding tert-OH is 3. The summed E-state index contributed by atoms with van der Waals surface area (Å²) in [6.07, 6.45) is 29.5. The number of aliphatic hydroxyl groups is 3. The fraction of sp³-hybridized carbons (Fsp3) is 0.708. The predicted molar refractivity (Wildman–Crippen MR) is 262 cm³/mol. The van der Waals surface area contributed by atoms with Crippen molar-refractivity contribution in [2.75, 3.05) is 25.6 Å². The van der Waals surface area contributed by atoms with Gasteiger partial charge in [0.05, 0.1) is 19.3 Å². The molecule has 19 nitrogen and oxygen atoms in total. The number of esters is 2. The van der Waals surface area contributed by atoms with Crippen LogP contribution in [0.3, 0.4) is 0 Å². The lowest BCUT2D eigenvalue weighted by molar-refractivity contribution is -0.161. The van der Waals surface area contributed by atoms with E-state index in [-0.39, 0.29) is 18.7 Å². The molecule has 1 aromatic heterocycles. The Bertz CT molecular complexity index is 1860. The number of nitrogen functional groups attached to an aromatic ring is 1. The van der Waals surface area contributed by atoms with E-state index < -0.39 is 89.8 Å². The lowest BCUT2D eigenvalue weighted by Gasteiger charge is -2.21. The highest BCUT2D eigenvalue weighted by atomic mass is 31.3. The van der Waals surface area contributed by atoms with Gasteiger partial charge in [0.25, 0.3) is 0 Å². The molecule has 0 radical (unpaired) electrons. The van der Waals surface area contributed by atoms with Crippen LogP contribution in [0.25, 0.3) is 0 Å². The second kappa shape index (κ2) is 36.6. The number of carbonyl (C=O) groups excluding carboxylic acids is 2. The van der Waals surface area contributed by atoms with Crippen molar-refractivity contribution < 1.29 is 71.4 Å². The van der Waals surface area contributed by atoms with Crippen molar-refractivity contribution in [2.45, 2.75) is 198 Å². The minimum atomic E-state index is -5.44.